The Hall–Kier alpha value is -2.58. The van der Waals surface area contributed by atoms with Crippen LogP contribution in [0.5, 0.6) is 0 Å². The molecular weight excluding hydrogens is 386 g/mol. The van der Waals surface area contributed by atoms with Crippen LogP contribution in [0.2, 0.25) is 0 Å². The second-order valence-electron chi connectivity index (χ2n) is 7.30. The summed E-state index contributed by atoms with van der Waals surface area (Å²) in [5.74, 6) is 0.726. The molecule has 1 unspecified atom stereocenters. The summed E-state index contributed by atoms with van der Waals surface area (Å²) in [6.45, 7) is 7.14. The molecule has 0 amide bonds. The number of primary sulfonamides is 1. The number of aryl methyl sites for hydroxylation is 1. The molecular formula is C21H29N5O2S. The molecule has 1 heterocycles. The average molecular weight is 416 g/mol. The van der Waals surface area contributed by atoms with Crippen molar-refractivity contribution in [3.05, 3.63) is 59.7 Å². The fourth-order valence-corrected chi connectivity index (χ4v) is 3.96. The van der Waals surface area contributed by atoms with Crippen molar-refractivity contribution < 1.29 is 8.42 Å². The minimum Gasteiger partial charge on any atom is -0.369 e. The molecule has 0 saturated carbocycles. The highest BCUT2D eigenvalue weighted by atomic mass is 32.2. The van der Waals surface area contributed by atoms with Gasteiger partial charge in [-0.05, 0) is 50.1 Å². The van der Waals surface area contributed by atoms with E-state index in [1.807, 2.05) is 13.0 Å². The van der Waals surface area contributed by atoms with Gasteiger partial charge in [-0.1, -0.05) is 29.8 Å². The second-order valence-corrected chi connectivity index (χ2v) is 8.86. The maximum absolute atomic E-state index is 11.5. The van der Waals surface area contributed by atoms with Gasteiger partial charge in [-0.2, -0.15) is 0 Å². The maximum atomic E-state index is 11.5. The molecule has 0 aliphatic carbocycles. The average Bonchev–Trinajstić information content (AvgIpc) is 3.15. The molecule has 0 radical (unpaired) electrons. The van der Waals surface area contributed by atoms with Gasteiger partial charge in [0.25, 0.3) is 0 Å². The summed E-state index contributed by atoms with van der Waals surface area (Å²) in [5.41, 5.74) is 3.29. The van der Waals surface area contributed by atoms with Crippen molar-refractivity contribution in [1.82, 2.24) is 10.6 Å². The lowest BCUT2D eigenvalue weighted by molar-refractivity contribution is 0.597. The normalized spacial score (nSPS) is 17.4. The van der Waals surface area contributed by atoms with Gasteiger partial charge in [0.2, 0.25) is 10.0 Å². The van der Waals surface area contributed by atoms with E-state index in [1.165, 1.54) is 17.3 Å². The highest BCUT2D eigenvalue weighted by Gasteiger charge is 2.23. The number of nitrogens with two attached hydrogens (primary N) is 1. The molecule has 2 aromatic rings. The van der Waals surface area contributed by atoms with E-state index in [1.54, 1.807) is 12.1 Å². The molecule has 0 bridgehead atoms. The molecule has 8 heteroatoms. The zero-order valence-electron chi connectivity index (χ0n) is 16.9. The van der Waals surface area contributed by atoms with E-state index >= 15 is 0 Å². The Labute approximate surface area is 173 Å². The number of aliphatic imine (C=N–C) groups is 1. The van der Waals surface area contributed by atoms with Crippen LogP contribution < -0.4 is 20.7 Å². The van der Waals surface area contributed by atoms with Crippen LogP contribution in [0, 0.1) is 6.92 Å². The van der Waals surface area contributed by atoms with Crippen molar-refractivity contribution in [2.45, 2.75) is 37.8 Å². The highest BCUT2D eigenvalue weighted by molar-refractivity contribution is 7.89. The van der Waals surface area contributed by atoms with Gasteiger partial charge in [-0.15, -0.1) is 0 Å². The number of rotatable bonds is 6. The fraction of sp³-hybridized carbons (Fsp3) is 0.381. The van der Waals surface area contributed by atoms with Crippen LogP contribution in [-0.4, -0.2) is 40.1 Å². The van der Waals surface area contributed by atoms with E-state index in [9.17, 15) is 8.42 Å². The highest BCUT2D eigenvalue weighted by Crippen LogP contribution is 2.20. The van der Waals surface area contributed by atoms with E-state index < -0.39 is 10.0 Å². The van der Waals surface area contributed by atoms with Crippen LogP contribution in [0.4, 0.5) is 5.69 Å². The zero-order chi connectivity index (χ0) is 20.9. The summed E-state index contributed by atoms with van der Waals surface area (Å²) in [6, 6.07) is 15.5. The third-order valence-corrected chi connectivity index (χ3v) is 5.83. The summed E-state index contributed by atoms with van der Waals surface area (Å²) in [6.07, 6.45) is 1.03. The van der Waals surface area contributed by atoms with Crippen molar-refractivity contribution in [3.63, 3.8) is 0 Å². The molecule has 1 saturated heterocycles. The monoisotopic (exact) mass is 415 g/mol. The first-order chi connectivity index (χ1) is 13.8. The number of sulfonamides is 1. The molecule has 3 rings (SSSR count). The lowest BCUT2D eigenvalue weighted by Crippen LogP contribution is -2.44. The van der Waals surface area contributed by atoms with E-state index in [-0.39, 0.29) is 4.90 Å². The van der Waals surface area contributed by atoms with E-state index in [0.717, 1.165) is 37.6 Å². The second kappa shape index (κ2) is 9.28. The molecule has 156 valence electrons. The Morgan fingerprint density at radius 1 is 1.24 bits per heavy atom. The minimum absolute atomic E-state index is 0.104. The van der Waals surface area contributed by atoms with E-state index in [4.69, 9.17) is 5.14 Å². The number of guanidine groups is 1. The van der Waals surface area contributed by atoms with Gasteiger partial charge in [0.1, 0.15) is 0 Å². The van der Waals surface area contributed by atoms with E-state index in [2.05, 4.69) is 51.7 Å². The maximum Gasteiger partial charge on any atom is 0.238 e. The van der Waals surface area contributed by atoms with Crippen LogP contribution >= 0.6 is 0 Å². The van der Waals surface area contributed by atoms with Crippen LogP contribution in [0.25, 0.3) is 0 Å². The molecule has 7 nitrogen and oxygen atoms in total. The predicted octanol–water partition coefficient (Wildman–Crippen LogP) is 1.98. The molecule has 1 fully saturated rings. The van der Waals surface area contributed by atoms with Gasteiger partial charge in [-0.25, -0.2) is 18.5 Å². The lowest BCUT2D eigenvalue weighted by Gasteiger charge is -2.20. The Morgan fingerprint density at radius 2 is 2.00 bits per heavy atom. The van der Waals surface area contributed by atoms with Crippen molar-refractivity contribution >= 4 is 21.7 Å². The molecule has 1 atom stereocenters. The molecule has 2 aromatic carbocycles. The summed E-state index contributed by atoms with van der Waals surface area (Å²) in [4.78, 5) is 7.10. The summed E-state index contributed by atoms with van der Waals surface area (Å²) in [5, 5.41) is 12.0. The first-order valence-corrected chi connectivity index (χ1v) is 11.4. The number of hydrogen-bond donors (Lipinski definition) is 3. The molecule has 29 heavy (non-hydrogen) atoms. The summed E-state index contributed by atoms with van der Waals surface area (Å²) in [7, 11) is -3.71. The summed E-state index contributed by atoms with van der Waals surface area (Å²) >= 11 is 0. The fourth-order valence-electron chi connectivity index (χ4n) is 3.37. The number of hydrogen-bond acceptors (Lipinski definition) is 4. The molecule has 1 aliphatic rings. The molecule has 0 aromatic heterocycles. The molecule has 1 aliphatic heterocycles. The zero-order valence-corrected chi connectivity index (χ0v) is 17.7. The van der Waals surface area contributed by atoms with Gasteiger partial charge in [0.05, 0.1) is 11.4 Å². The molecule has 4 N–H and O–H groups in total. The Morgan fingerprint density at radius 3 is 2.69 bits per heavy atom. The van der Waals surface area contributed by atoms with Crippen molar-refractivity contribution in [1.29, 1.82) is 0 Å². The lowest BCUT2D eigenvalue weighted by atomic mass is 10.2. The Kier molecular flexibility index (Phi) is 6.76. The van der Waals surface area contributed by atoms with Crippen molar-refractivity contribution in [3.8, 4) is 0 Å². The Balaban J connectivity index is 1.63. The van der Waals surface area contributed by atoms with Gasteiger partial charge in [0.15, 0.2) is 5.96 Å². The Bertz CT molecular complexity index is 957. The van der Waals surface area contributed by atoms with Gasteiger partial charge >= 0.3 is 0 Å². The van der Waals surface area contributed by atoms with E-state index in [0.29, 0.717) is 12.6 Å². The summed E-state index contributed by atoms with van der Waals surface area (Å²) < 4.78 is 23.1. The third-order valence-electron chi connectivity index (χ3n) is 4.92. The standard InChI is InChI=1S/C21H29N5O2S/c1-3-23-21(24-14-17-5-4-6-20(13-17)29(22,27)28)25-18-11-12-26(15-18)19-9-7-16(2)8-10-19/h4-10,13,18H,3,11-12,14-15H2,1-2H3,(H2,22,27,28)(H2,23,24,25). The quantitative estimate of drug-likeness (QED) is 0.495. The predicted molar refractivity (Wildman–Crippen MR) is 118 cm³/mol. The van der Waals surface area contributed by atoms with Crippen molar-refractivity contribution in [2.24, 2.45) is 10.1 Å². The van der Waals surface area contributed by atoms with Gasteiger partial charge in [-0.3, -0.25) is 0 Å². The smallest absolute Gasteiger partial charge is 0.238 e. The largest absolute Gasteiger partial charge is 0.369 e. The number of benzene rings is 2. The van der Waals surface area contributed by atoms with Gasteiger partial charge < -0.3 is 15.5 Å². The van der Waals surface area contributed by atoms with Crippen LogP contribution in [0.3, 0.4) is 0 Å². The van der Waals surface area contributed by atoms with Crippen LogP contribution in [0.15, 0.2) is 58.4 Å². The topological polar surface area (TPSA) is 99.8 Å². The first kappa shape index (κ1) is 21.1. The molecule has 0 spiro atoms. The van der Waals surface area contributed by atoms with Crippen LogP contribution in [0.1, 0.15) is 24.5 Å². The minimum atomic E-state index is -3.71. The number of nitrogens with one attached hydrogen (secondary N) is 2. The number of anilines is 1. The third kappa shape index (κ3) is 5.95. The first-order valence-electron chi connectivity index (χ1n) is 9.83. The number of nitrogens with zero attached hydrogens (tertiary/aromatic N) is 2. The van der Waals surface area contributed by atoms with Crippen LogP contribution in [-0.2, 0) is 16.6 Å². The van der Waals surface area contributed by atoms with Crippen molar-refractivity contribution in [2.75, 3.05) is 24.5 Å². The SMILES string of the molecule is CCNC(=NCc1cccc(S(N)(=O)=O)c1)NC1CCN(c2ccc(C)cc2)C1. The van der Waals surface area contributed by atoms with Gasteiger partial charge in [0, 0.05) is 31.4 Å².